The van der Waals surface area contributed by atoms with E-state index in [-0.39, 0.29) is 17.7 Å². The highest BCUT2D eigenvalue weighted by Gasteiger charge is 2.34. The molecule has 6 heteroatoms. The molecule has 27 heavy (non-hydrogen) atoms. The second kappa shape index (κ2) is 7.62. The van der Waals surface area contributed by atoms with E-state index >= 15 is 0 Å². The van der Waals surface area contributed by atoms with Gasteiger partial charge in [-0.05, 0) is 43.9 Å². The first-order valence-electron chi connectivity index (χ1n) is 9.57. The highest BCUT2D eigenvalue weighted by molar-refractivity contribution is 6.08. The fraction of sp³-hybridized carbons (Fsp3) is 0.524. The van der Waals surface area contributed by atoms with E-state index in [1.54, 1.807) is 7.11 Å². The molecule has 0 saturated carbocycles. The number of aliphatic carboxylic acids is 1. The van der Waals surface area contributed by atoms with Crippen LogP contribution >= 0.6 is 0 Å². The lowest BCUT2D eigenvalue weighted by molar-refractivity contribution is -0.145. The number of fused-ring (bicyclic) bond motifs is 1. The fourth-order valence-electron chi connectivity index (χ4n) is 4.23. The number of nitrogens with zero attached hydrogens (tertiary/aromatic N) is 2. The number of benzene rings is 1. The number of aromatic nitrogens is 1. The summed E-state index contributed by atoms with van der Waals surface area (Å²) in [7, 11) is 1.62. The molecule has 1 N–H and O–H groups in total. The topological polar surface area (TPSA) is 71.8 Å². The molecule has 1 aliphatic heterocycles. The van der Waals surface area contributed by atoms with Gasteiger partial charge in [-0.2, -0.15) is 0 Å². The zero-order chi connectivity index (χ0) is 19.7. The fourth-order valence-corrected chi connectivity index (χ4v) is 4.23. The molecular weight excluding hydrogens is 344 g/mol. The molecule has 0 spiro atoms. The van der Waals surface area contributed by atoms with Crippen molar-refractivity contribution in [3.63, 3.8) is 0 Å². The van der Waals surface area contributed by atoms with E-state index in [0.29, 0.717) is 25.1 Å². The van der Waals surface area contributed by atoms with Crippen LogP contribution in [-0.4, -0.2) is 46.6 Å². The van der Waals surface area contributed by atoms with Gasteiger partial charge in [0, 0.05) is 36.2 Å². The summed E-state index contributed by atoms with van der Waals surface area (Å²) in [6.07, 6.45) is 1.48. The predicted molar refractivity (Wildman–Crippen MR) is 104 cm³/mol. The Kier molecular flexibility index (Phi) is 5.44. The van der Waals surface area contributed by atoms with Gasteiger partial charge in [-0.3, -0.25) is 9.59 Å². The number of piperidine rings is 1. The van der Waals surface area contributed by atoms with Crippen molar-refractivity contribution < 1.29 is 19.4 Å². The van der Waals surface area contributed by atoms with Crippen molar-refractivity contribution in [1.82, 2.24) is 9.47 Å². The molecule has 1 aliphatic rings. The molecule has 1 aromatic carbocycles. The smallest absolute Gasteiger partial charge is 0.306 e. The Labute approximate surface area is 159 Å². The standard InChI is InChI=1S/C21H28N2O4/c1-5-9-23-14(3)19(17-11-15(27-4)6-7-18(17)23)20(24)22-10-8-16(21(25)26)13(2)12-22/h6-7,11,13,16H,5,8-10,12H2,1-4H3,(H,25,26). The van der Waals surface area contributed by atoms with Crippen LogP contribution in [0.1, 0.15) is 42.7 Å². The van der Waals surface area contributed by atoms with Crippen molar-refractivity contribution in [2.75, 3.05) is 20.2 Å². The molecule has 2 aromatic rings. The molecule has 0 bridgehead atoms. The lowest BCUT2D eigenvalue weighted by Gasteiger charge is -2.35. The number of carboxylic acids is 1. The molecule has 2 heterocycles. The summed E-state index contributed by atoms with van der Waals surface area (Å²) in [5, 5.41) is 10.2. The first kappa shape index (κ1) is 19.3. The third kappa shape index (κ3) is 3.40. The zero-order valence-corrected chi connectivity index (χ0v) is 16.5. The maximum absolute atomic E-state index is 13.4. The summed E-state index contributed by atoms with van der Waals surface area (Å²) < 4.78 is 7.56. The van der Waals surface area contributed by atoms with Crippen LogP contribution in [0.2, 0.25) is 0 Å². The summed E-state index contributed by atoms with van der Waals surface area (Å²) >= 11 is 0. The molecule has 1 fully saturated rings. The van der Waals surface area contributed by atoms with Gasteiger partial charge < -0.3 is 19.3 Å². The Balaban J connectivity index is 2.01. The maximum atomic E-state index is 13.4. The van der Waals surface area contributed by atoms with E-state index in [0.717, 1.165) is 35.3 Å². The van der Waals surface area contributed by atoms with Crippen LogP contribution in [-0.2, 0) is 11.3 Å². The van der Waals surface area contributed by atoms with Crippen molar-refractivity contribution in [3.8, 4) is 5.75 Å². The third-order valence-electron chi connectivity index (χ3n) is 5.70. The lowest BCUT2D eigenvalue weighted by Crippen LogP contribution is -2.45. The molecule has 3 rings (SSSR count). The monoisotopic (exact) mass is 372 g/mol. The minimum atomic E-state index is -0.768. The minimum Gasteiger partial charge on any atom is -0.497 e. The van der Waals surface area contributed by atoms with E-state index < -0.39 is 5.97 Å². The van der Waals surface area contributed by atoms with E-state index in [4.69, 9.17) is 4.74 Å². The van der Waals surface area contributed by atoms with Crippen molar-refractivity contribution in [2.45, 2.75) is 40.2 Å². The number of carbonyl (C=O) groups excluding carboxylic acids is 1. The lowest BCUT2D eigenvalue weighted by atomic mass is 9.86. The van der Waals surface area contributed by atoms with Crippen molar-refractivity contribution >= 4 is 22.8 Å². The Bertz CT molecular complexity index is 871. The number of likely N-dealkylation sites (tertiary alicyclic amines) is 1. The van der Waals surface area contributed by atoms with Gasteiger partial charge >= 0.3 is 5.97 Å². The zero-order valence-electron chi connectivity index (χ0n) is 16.5. The molecule has 1 saturated heterocycles. The van der Waals surface area contributed by atoms with Crippen LogP contribution < -0.4 is 4.74 Å². The average molecular weight is 372 g/mol. The first-order chi connectivity index (χ1) is 12.9. The number of amides is 1. The van der Waals surface area contributed by atoms with Gasteiger partial charge in [0.05, 0.1) is 18.6 Å². The summed E-state index contributed by atoms with van der Waals surface area (Å²) in [5.41, 5.74) is 2.70. The number of ether oxygens (including phenoxy) is 1. The second-order valence-corrected chi connectivity index (χ2v) is 7.46. The molecule has 6 nitrogen and oxygen atoms in total. The van der Waals surface area contributed by atoms with Crippen molar-refractivity contribution in [1.29, 1.82) is 0 Å². The number of aryl methyl sites for hydroxylation is 1. The molecule has 1 aromatic heterocycles. The predicted octanol–water partition coefficient (Wildman–Crippen LogP) is 3.55. The SMILES string of the molecule is CCCn1c(C)c(C(=O)N2CCC(C(=O)O)C(C)C2)c2cc(OC)ccc21. The summed E-state index contributed by atoms with van der Waals surface area (Å²) in [4.78, 5) is 26.6. The van der Waals surface area contributed by atoms with Gasteiger partial charge in [0.2, 0.25) is 0 Å². The van der Waals surface area contributed by atoms with Crippen LogP contribution in [0.5, 0.6) is 5.75 Å². The Hall–Kier alpha value is -2.50. The van der Waals surface area contributed by atoms with E-state index in [1.165, 1.54) is 0 Å². The van der Waals surface area contributed by atoms with Gasteiger partial charge in [0.15, 0.2) is 0 Å². The largest absolute Gasteiger partial charge is 0.497 e. The van der Waals surface area contributed by atoms with Crippen LogP contribution in [0, 0.1) is 18.8 Å². The van der Waals surface area contributed by atoms with Gasteiger partial charge in [0.25, 0.3) is 5.91 Å². The quantitative estimate of drug-likeness (QED) is 0.871. The van der Waals surface area contributed by atoms with Crippen LogP contribution in [0.15, 0.2) is 18.2 Å². The molecule has 0 aliphatic carbocycles. The molecular formula is C21H28N2O4. The molecule has 146 valence electrons. The average Bonchev–Trinajstić information content (AvgIpc) is 2.92. The molecule has 0 radical (unpaired) electrons. The first-order valence-corrected chi connectivity index (χ1v) is 9.57. The second-order valence-electron chi connectivity index (χ2n) is 7.46. The Morgan fingerprint density at radius 3 is 2.67 bits per heavy atom. The van der Waals surface area contributed by atoms with Crippen LogP contribution in [0.3, 0.4) is 0 Å². The minimum absolute atomic E-state index is 0.0173. The van der Waals surface area contributed by atoms with Crippen molar-refractivity contribution in [2.24, 2.45) is 11.8 Å². The number of hydrogen-bond donors (Lipinski definition) is 1. The normalized spacial score (nSPS) is 20.1. The van der Waals surface area contributed by atoms with Crippen LogP contribution in [0.4, 0.5) is 0 Å². The number of hydrogen-bond acceptors (Lipinski definition) is 3. The van der Waals surface area contributed by atoms with Gasteiger partial charge in [-0.25, -0.2) is 0 Å². The van der Waals surface area contributed by atoms with E-state index in [1.807, 2.05) is 36.9 Å². The Morgan fingerprint density at radius 2 is 2.07 bits per heavy atom. The van der Waals surface area contributed by atoms with Crippen molar-refractivity contribution in [3.05, 3.63) is 29.5 Å². The highest BCUT2D eigenvalue weighted by atomic mass is 16.5. The summed E-state index contributed by atoms with van der Waals surface area (Å²) in [6, 6.07) is 5.85. The van der Waals surface area contributed by atoms with Crippen LogP contribution in [0.25, 0.3) is 10.9 Å². The molecule has 2 atom stereocenters. The highest BCUT2D eigenvalue weighted by Crippen LogP contribution is 2.32. The van der Waals surface area contributed by atoms with Gasteiger partial charge in [-0.1, -0.05) is 13.8 Å². The molecule has 1 amide bonds. The number of rotatable bonds is 5. The summed E-state index contributed by atoms with van der Waals surface area (Å²) in [5.74, 6) is -0.495. The Morgan fingerprint density at radius 1 is 1.33 bits per heavy atom. The van der Waals surface area contributed by atoms with E-state index in [2.05, 4.69) is 11.5 Å². The third-order valence-corrected chi connectivity index (χ3v) is 5.70. The number of methoxy groups -OCH3 is 1. The maximum Gasteiger partial charge on any atom is 0.306 e. The van der Waals surface area contributed by atoms with E-state index in [9.17, 15) is 14.7 Å². The van der Waals surface area contributed by atoms with Gasteiger partial charge in [-0.15, -0.1) is 0 Å². The number of carboxylic acid groups (broad SMARTS) is 1. The summed E-state index contributed by atoms with van der Waals surface area (Å²) in [6.45, 7) is 7.81. The van der Waals surface area contributed by atoms with Gasteiger partial charge in [0.1, 0.15) is 5.75 Å². The molecule has 2 unspecified atom stereocenters. The number of carbonyl (C=O) groups is 2.